The number of aromatic nitrogens is 2. The van der Waals surface area contributed by atoms with Gasteiger partial charge in [0.05, 0.1) is 23.4 Å². The van der Waals surface area contributed by atoms with Crippen LogP contribution in [-0.2, 0) is 7.05 Å². The van der Waals surface area contributed by atoms with Crippen LogP contribution in [0, 0.1) is 25.2 Å². The minimum absolute atomic E-state index is 0.484. The van der Waals surface area contributed by atoms with Crippen molar-refractivity contribution >= 4 is 0 Å². The van der Waals surface area contributed by atoms with Crippen molar-refractivity contribution < 1.29 is 9.84 Å². The molecule has 1 atom stereocenters. The van der Waals surface area contributed by atoms with Gasteiger partial charge in [-0.25, -0.2) is 0 Å². The SMILES string of the molecule is Cc1nn(C)c(C)c1Oc1cc(C#N)ccc1C(C)O. The van der Waals surface area contributed by atoms with E-state index in [1.807, 2.05) is 20.9 Å². The molecule has 0 radical (unpaired) electrons. The number of hydrogen-bond donors (Lipinski definition) is 1. The average molecular weight is 271 g/mol. The third kappa shape index (κ3) is 2.51. The first kappa shape index (κ1) is 14.1. The highest BCUT2D eigenvalue weighted by Gasteiger charge is 2.16. The third-order valence-electron chi connectivity index (χ3n) is 3.25. The highest BCUT2D eigenvalue weighted by molar-refractivity contribution is 5.47. The van der Waals surface area contributed by atoms with Crippen LogP contribution >= 0.6 is 0 Å². The molecule has 104 valence electrons. The average Bonchev–Trinajstić information content (AvgIpc) is 2.65. The van der Waals surface area contributed by atoms with Gasteiger partial charge in [-0.15, -0.1) is 0 Å². The summed E-state index contributed by atoms with van der Waals surface area (Å²) in [5, 5.41) is 23.1. The highest BCUT2D eigenvalue weighted by atomic mass is 16.5. The molecule has 1 aromatic heterocycles. The topological polar surface area (TPSA) is 71.1 Å². The molecule has 1 unspecified atom stereocenters. The zero-order chi connectivity index (χ0) is 14.9. The summed E-state index contributed by atoms with van der Waals surface area (Å²) >= 11 is 0. The van der Waals surface area contributed by atoms with Crippen molar-refractivity contribution in [3.63, 3.8) is 0 Å². The van der Waals surface area contributed by atoms with Gasteiger partial charge >= 0.3 is 0 Å². The molecule has 0 aliphatic heterocycles. The molecule has 0 aliphatic rings. The maximum Gasteiger partial charge on any atom is 0.171 e. The monoisotopic (exact) mass is 271 g/mol. The van der Waals surface area contributed by atoms with Crippen molar-refractivity contribution in [1.82, 2.24) is 9.78 Å². The number of ether oxygens (including phenoxy) is 1. The van der Waals surface area contributed by atoms with E-state index in [1.165, 1.54) is 0 Å². The molecule has 1 N–H and O–H groups in total. The van der Waals surface area contributed by atoms with Gasteiger partial charge in [-0.05, 0) is 32.9 Å². The number of hydrogen-bond acceptors (Lipinski definition) is 4. The summed E-state index contributed by atoms with van der Waals surface area (Å²) in [5.74, 6) is 1.14. The Morgan fingerprint density at radius 1 is 1.40 bits per heavy atom. The number of rotatable bonds is 3. The smallest absolute Gasteiger partial charge is 0.171 e. The van der Waals surface area contributed by atoms with Crippen LogP contribution in [0.1, 0.15) is 35.5 Å². The molecule has 5 heteroatoms. The van der Waals surface area contributed by atoms with Crippen LogP contribution < -0.4 is 4.74 Å². The predicted octanol–water partition coefficient (Wildman–Crippen LogP) is 2.75. The molecule has 0 saturated heterocycles. The van der Waals surface area contributed by atoms with Gasteiger partial charge in [-0.2, -0.15) is 10.4 Å². The van der Waals surface area contributed by atoms with Crippen LogP contribution in [-0.4, -0.2) is 14.9 Å². The Hall–Kier alpha value is -2.32. The van der Waals surface area contributed by atoms with E-state index >= 15 is 0 Å². The summed E-state index contributed by atoms with van der Waals surface area (Å²) in [6.45, 7) is 5.43. The number of aliphatic hydroxyl groups excluding tert-OH is 1. The Bertz CT molecular complexity index is 681. The van der Waals surface area contributed by atoms with Crippen molar-refractivity contribution in [2.24, 2.45) is 7.05 Å². The summed E-state index contributed by atoms with van der Waals surface area (Å²) < 4.78 is 7.64. The second-order valence-electron chi connectivity index (χ2n) is 4.77. The zero-order valence-electron chi connectivity index (χ0n) is 12.0. The second-order valence-corrected chi connectivity index (χ2v) is 4.77. The Kier molecular flexibility index (Phi) is 3.77. The molecule has 0 bridgehead atoms. The van der Waals surface area contributed by atoms with Gasteiger partial charge in [-0.3, -0.25) is 4.68 Å². The third-order valence-corrected chi connectivity index (χ3v) is 3.25. The van der Waals surface area contributed by atoms with Crippen molar-refractivity contribution in [2.75, 3.05) is 0 Å². The fourth-order valence-corrected chi connectivity index (χ4v) is 2.05. The summed E-state index contributed by atoms with van der Waals surface area (Å²) in [6, 6.07) is 7.08. The van der Waals surface area contributed by atoms with E-state index < -0.39 is 6.10 Å². The number of aryl methyl sites for hydroxylation is 2. The lowest BCUT2D eigenvalue weighted by molar-refractivity contribution is 0.195. The van der Waals surface area contributed by atoms with E-state index in [1.54, 1.807) is 29.8 Å². The normalized spacial score (nSPS) is 12.0. The van der Waals surface area contributed by atoms with E-state index in [9.17, 15) is 5.11 Å². The predicted molar refractivity (Wildman–Crippen MR) is 74.5 cm³/mol. The molecule has 1 aromatic carbocycles. The molecular formula is C15H17N3O2. The molecule has 20 heavy (non-hydrogen) atoms. The van der Waals surface area contributed by atoms with Crippen molar-refractivity contribution in [3.05, 3.63) is 40.7 Å². The summed E-state index contributed by atoms with van der Waals surface area (Å²) in [4.78, 5) is 0. The lowest BCUT2D eigenvalue weighted by Crippen LogP contribution is -1.98. The molecule has 0 spiro atoms. The van der Waals surface area contributed by atoms with E-state index in [2.05, 4.69) is 11.2 Å². The lowest BCUT2D eigenvalue weighted by Gasteiger charge is -2.13. The van der Waals surface area contributed by atoms with E-state index in [0.717, 1.165) is 11.4 Å². The minimum Gasteiger partial charge on any atom is -0.453 e. The quantitative estimate of drug-likeness (QED) is 0.931. The fourth-order valence-electron chi connectivity index (χ4n) is 2.05. The van der Waals surface area contributed by atoms with Gasteiger partial charge in [0, 0.05) is 12.6 Å². The van der Waals surface area contributed by atoms with Gasteiger partial charge < -0.3 is 9.84 Å². The Balaban J connectivity index is 2.49. The Labute approximate surface area is 118 Å². The number of nitriles is 1. The van der Waals surface area contributed by atoms with E-state index in [0.29, 0.717) is 22.6 Å². The minimum atomic E-state index is -0.671. The first-order valence-corrected chi connectivity index (χ1v) is 6.34. The number of benzene rings is 1. The van der Waals surface area contributed by atoms with Crippen molar-refractivity contribution in [3.8, 4) is 17.6 Å². The molecule has 2 rings (SSSR count). The zero-order valence-corrected chi connectivity index (χ0v) is 12.0. The number of aliphatic hydroxyl groups is 1. The Morgan fingerprint density at radius 3 is 2.60 bits per heavy atom. The maximum absolute atomic E-state index is 9.81. The van der Waals surface area contributed by atoms with E-state index in [-0.39, 0.29) is 0 Å². The van der Waals surface area contributed by atoms with Crippen molar-refractivity contribution in [2.45, 2.75) is 26.9 Å². The van der Waals surface area contributed by atoms with Gasteiger partial charge in [0.25, 0.3) is 0 Å². The van der Waals surface area contributed by atoms with Crippen LogP contribution in [0.4, 0.5) is 0 Å². The molecule has 1 heterocycles. The summed E-state index contributed by atoms with van der Waals surface area (Å²) in [7, 11) is 1.84. The van der Waals surface area contributed by atoms with E-state index in [4.69, 9.17) is 10.00 Å². The molecule has 2 aromatic rings. The van der Waals surface area contributed by atoms with Crippen LogP contribution in [0.5, 0.6) is 11.5 Å². The molecule has 0 amide bonds. The maximum atomic E-state index is 9.81. The molecule has 0 aliphatic carbocycles. The standard InChI is InChI=1S/C15H17N3O2/c1-9-15(10(2)18(4)17-9)20-14-7-12(8-16)5-6-13(14)11(3)19/h5-7,11,19H,1-4H3. The summed E-state index contributed by atoms with van der Waals surface area (Å²) in [5.41, 5.74) is 2.79. The van der Waals surface area contributed by atoms with Crippen LogP contribution in [0.25, 0.3) is 0 Å². The van der Waals surface area contributed by atoms with Gasteiger partial charge in [0.1, 0.15) is 11.4 Å². The highest BCUT2D eigenvalue weighted by Crippen LogP contribution is 2.33. The second kappa shape index (κ2) is 5.35. The van der Waals surface area contributed by atoms with Crippen molar-refractivity contribution in [1.29, 1.82) is 5.26 Å². The number of nitrogens with zero attached hydrogens (tertiary/aromatic N) is 3. The largest absolute Gasteiger partial charge is 0.453 e. The Morgan fingerprint density at radius 2 is 2.10 bits per heavy atom. The fraction of sp³-hybridized carbons (Fsp3) is 0.333. The van der Waals surface area contributed by atoms with Crippen LogP contribution in [0.15, 0.2) is 18.2 Å². The molecule has 5 nitrogen and oxygen atoms in total. The first-order chi connectivity index (χ1) is 9.43. The van der Waals surface area contributed by atoms with Gasteiger partial charge in [0.2, 0.25) is 0 Å². The molecule has 0 saturated carbocycles. The van der Waals surface area contributed by atoms with Gasteiger partial charge in [-0.1, -0.05) is 6.07 Å². The van der Waals surface area contributed by atoms with Crippen LogP contribution in [0.2, 0.25) is 0 Å². The van der Waals surface area contributed by atoms with Gasteiger partial charge in [0.15, 0.2) is 5.75 Å². The molecular weight excluding hydrogens is 254 g/mol. The molecule has 0 fully saturated rings. The summed E-state index contributed by atoms with van der Waals surface area (Å²) in [6.07, 6.45) is -0.671. The lowest BCUT2D eigenvalue weighted by atomic mass is 10.1. The van der Waals surface area contributed by atoms with Crippen LogP contribution in [0.3, 0.4) is 0 Å². The first-order valence-electron chi connectivity index (χ1n) is 6.34.